The van der Waals surface area contributed by atoms with Crippen molar-refractivity contribution in [1.82, 2.24) is 4.98 Å². The number of ether oxygens (including phenoxy) is 2. The Balaban J connectivity index is 1.29. The summed E-state index contributed by atoms with van der Waals surface area (Å²) < 4.78 is 10.7. The van der Waals surface area contributed by atoms with Crippen molar-refractivity contribution in [2.24, 2.45) is 5.92 Å². The van der Waals surface area contributed by atoms with E-state index in [0.717, 1.165) is 41.3 Å². The number of carbonyl (C=O) groups excluding carboxylic acids is 1. The van der Waals surface area contributed by atoms with Crippen LogP contribution in [0.25, 0.3) is 22.2 Å². The standard InChI is InChI=1S/C32H42N2O3/c1-32(2,3)37-31(35)13-7-5-6-10-23-14-18-25(19-15-23)33-30-22-29(24-16-20-26(36-4)21-17-24)34-28-12-9-8-11-27(28)30/h8-9,11-12,16-17,20-23,25H,5-7,10,13-15,18-19H2,1-4H3,(H,33,34). The Morgan fingerprint density at radius 1 is 0.973 bits per heavy atom. The van der Waals surface area contributed by atoms with Crippen LogP contribution in [0.4, 0.5) is 5.69 Å². The molecule has 0 amide bonds. The van der Waals surface area contributed by atoms with Crippen molar-refractivity contribution < 1.29 is 14.3 Å². The molecule has 0 bridgehead atoms. The first-order chi connectivity index (χ1) is 17.8. The molecule has 5 heteroatoms. The molecule has 1 N–H and O–H groups in total. The highest BCUT2D eigenvalue weighted by Crippen LogP contribution is 2.34. The second kappa shape index (κ2) is 12.4. The number of benzene rings is 2. The van der Waals surface area contributed by atoms with Crippen molar-refractivity contribution >= 4 is 22.6 Å². The third-order valence-electron chi connectivity index (χ3n) is 7.22. The number of rotatable bonds is 10. The van der Waals surface area contributed by atoms with E-state index in [4.69, 9.17) is 14.5 Å². The second-order valence-electron chi connectivity index (χ2n) is 11.3. The minimum Gasteiger partial charge on any atom is -0.497 e. The van der Waals surface area contributed by atoms with Gasteiger partial charge in [0.15, 0.2) is 0 Å². The second-order valence-corrected chi connectivity index (χ2v) is 11.3. The van der Waals surface area contributed by atoms with Crippen LogP contribution in [0.3, 0.4) is 0 Å². The van der Waals surface area contributed by atoms with Crippen LogP contribution in [0.15, 0.2) is 54.6 Å². The van der Waals surface area contributed by atoms with E-state index < -0.39 is 0 Å². The molecule has 3 aromatic rings. The first kappa shape index (κ1) is 27.0. The van der Waals surface area contributed by atoms with Crippen LogP contribution in [0.5, 0.6) is 5.75 Å². The lowest BCUT2D eigenvalue weighted by atomic mass is 9.83. The van der Waals surface area contributed by atoms with E-state index in [9.17, 15) is 4.79 Å². The Morgan fingerprint density at radius 2 is 1.70 bits per heavy atom. The largest absolute Gasteiger partial charge is 0.497 e. The number of esters is 1. The van der Waals surface area contributed by atoms with Crippen LogP contribution >= 0.6 is 0 Å². The maximum absolute atomic E-state index is 11.9. The fourth-order valence-electron chi connectivity index (χ4n) is 5.29. The van der Waals surface area contributed by atoms with E-state index in [2.05, 4.69) is 47.8 Å². The summed E-state index contributed by atoms with van der Waals surface area (Å²) in [6.07, 6.45) is 9.94. The molecular formula is C32H42N2O3. The summed E-state index contributed by atoms with van der Waals surface area (Å²) in [6, 6.07) is 19.2. The van der Waals surface area contributed by atoms with Crippen molar-refractivity contribution in [1.29, 1.82) is 0 Å². The summed E-state index contributed by atoms with van der Waals surface area (Å²) in [4.78, 5) is 16.8. The molecule has 198 valence electrons. The Bertz CT molecular complexity index is 1160. The number of fused-ring (bicyclic) bond motifs is 1. The molecule has 1 fully saturated rings. The maximum atomic E-state index is 11.9. The number of nitrogens with one attached hydrogen (secondary N) is 1. The third-order valence-corrected chi connectivity index (χ3v) is 7.22. The van der Waals surface area contributed by atoms with Crippen LogP contribution in [0.2, 0.25) is 0 Å². The number of unbranched alkanes of at least 4 members (excludes halogenated alkanes) is 2. The quantitative estimate of drug-likeness (QED) is 0.224. The van der Waals surface area contributed by atoms with Gasteiger partial charge in [0.25, 0.3) is 0 Å². The van der Waals surface area contributed by atoms with Crippen molar-refractivity contribution in [3.63, 3.8) is 0 Å². The minimum absolute atomic E-state index is 0.0714. The van der Waals surface area contributed by atoms with E-state index in [1.54, 1.807) is 7.11 Å². The highest BCUT2D eigenvalue weighted by atomic mass is 16.6. The van der Waals surface area contributed by atoms with E-state index in [0.29, 0.717) is 12.5 Å². The molecule has 1 saturated carbocycles. The molecule has 1 aliphatic rings. The first-order valence-electron chi connectivity index (χ1n) is 13.8. The number of aromatic nitrogens is 1. The minimum atomic E-state index is -0.385. The normalized spacial score (nSPS) is 17.9. The fourth-order valence-corrected chi connectivity index (χ4v) is 5.29. The molecule has 1 aromatic heterocycles. The lowest BCUT2D eigenvalue weighted by Crippen LogP contribution is -2.26. The van der Waals surface area contributed by atoms with Crippen molar-refractivity contribution in [2.75, 3.05) is 12.4 Å². The van der Waals surface area contributed by atoms with Gasteiger partial charge in [0.2, 0.25) is 0 Å². The summed E-state index contributed by atoms with van der Waals surface area (Å²) in [6.45, 7) is 5.77. The highest BCUT2D eigenvalue weighted by molar-refractivity contribution is 5.93. The molecule has 1 heterocycles. The number of nitrogens with zero attached hydrogens (tertiary/aromatic N) is 1. The van der Waals surface area contributed by atoms with Gasteiger partial charge in [-0.2, -0.15) is 0 Å². The predicted octanol–water partition coefficient (Wildman–Crippen LogP) is 8.17. The summed E-state index contributed by atoms with van der Waals surface area (Å²) in [7, 11) is 1.69. The molecule has 0 atom stereocenters. The van der Waals surface area contributed by atoms with Gasteiger partial charge in [0.05, 0.1) is 18.3 Å². The summed E-state index contributed by atoms with van der Waals surface area (Å²) in [5.41, 5.74) is 3.86. The van der Waals surface area contributed by atoms with Gasteiger partial charge < -0.3 is 14.8 Å². The topological polar surface area (TPSA) is 60.5 Å². The number of methoxy groups -OCH3 is 1. The van der Waals surface area contributed by atoms with Crippen LogP contribution in [0.1, 0.15) is 78.6 Å². The molecular weight excluding hydrogens is 460 g/mol. The van der Waals surface area contributed by atoms with E-state index >= 15 is 0 Å². The van der Waals surface area contributed by atoms with Crippen molar-refractivity contribution in [3.05, 3.63) is 54.6 Å². The van der Waals surface area contributed by atoms with Gasteiger partial charge >= 0.3 is 5.97 Å². The van der Waals surface area contributed by atoms with Gasteiger partial charge in [-0.3, -0.25) is 4.79 Å². The van der Waals surface area contributed by atoms with E-state index in [1.165, 1.54) is 49.6 Å². The third kappa shape index (κ3) is 7.95. The van der Waals surface area contributed by atoms with Gasteiger partial charge in [-0.25, -0.2) is 4.98 Å². The SMILES string of the molecule is COc1ccc(-c2cc(NC3CCC(CCCCCC(=O)OC(C)(C)C)CC3)c3ccccc3n2)cc1. The van der Waals surface area contributed by atoms with Gasteiger partial charge in [-0.15, -0.1) is 0 Å². The van der Waals surface area contributed by atoms with Crippen LogP contribution in [-0.2, 0) is 9.53 Å². The lowest BCUT2D eigenvalue weighted by Gasteiger charge is -2.30. The molecule has 0 radical (unpaired) electrons. The molecule has 0 unspecified atom stereocenters. The summed E-state index contributed by atoms with van der Waals surface area (Å²) in [5, 5.41) is 5.04. The van der Waals surface area contributed by atoms with Crippen LogP contribution < -0.4 is 10.1 Å². The van der Waals surface area contributed by atoms with Gasteiger partial charge in [-0.05, 0) is 95.2 Å². The average Bonchev–Trinajstić information content (AvgIpc) is 2.88. The fraction of sp³-hybridized carbons (Fsp3) is 0.500. The van der Waals surface area contributed by atoms with Crippen molar-refractivity contribution in [3.8, 4) is 17.0 Å². The Morgan fingerprint density at radius 3 is 2.41 bits per heavy atom. The van der Waals surface area contributed by atoms with Gasteiger partial charge in [0, 0.05) is 29.1 Å². The predicted molar refractivity (Wildman–Crippen MR) is 152 cm³/mol. The van der Waals surface area contributed by atoms with Crippen molar-refractivity contribution in [2.45, 2.75) is 90.2 Å². The number of para-hydroxylation sites is 1. The zero-order chi connectivity index (χ0) is 26.3. The molecule has 1 aliphatic carbocycles. The maximum Gasteiger partial charge on any atom is 0.306 e. The average molecular weight is 503 g/mol. The molecule has 0 spiro atoms. The molecule has 2 aromatic carbocycles. The van der Waals surface area contributed by atoms with Crippen LogP contribution in [0, 0.1) is 5.92 Å². The number of carbonyl (C=O) groups is 1. The number of pyridine rings is 1. The highest BCUT2D eigenvalue weighted by Gasteiger charge is 2.22. The molecule has 37 heavy (non-hydrogen) atoms. The number of hydrogen-bond acceptors (Lipinski definition) is 5. The Labute approximate surface area is 222 Å². The van der Waals surface area contributed by atoms with Crippen LogP contribution in [-0.4, -0.2) is 29.7 Å². The zero-order valence-electron chi connectivity index (χ0n) is 22.9. The number of hydrogen-bond donors (Lipinski definition) is 1. The first-order valence-corrected chi connectivity index (χ1v) is 13.8. The molecule has 5 nitrogen and oxygen atoms in total. The summed E-state index contributed by atoms with van der Waals surface area (Å²) >= 11 is 0. The van der Waals surface area contributed by atoms with E-state index in [-0.39, 0.29) is 11.6 Å². The molecule has 0 aliphatic heterocycles. The van der Waals surface area contributed by atoms with Gasteiger partial charge in [0.1, 0.15) is 11.4 Å². The summed E-state index contributed by atoms with van der Waals surface area (Å²) in [5.74, 6) is 1.57. The lowest BCUT2D eigenvalue weighted by molar-refractivity contribution is -0.154. The monoisotopic (exact) mass is 502 g/mol. The molecule has 0 saturated heterocycles. The zero-order valence-corrected chi connectivity index (χ0v) is 22.9. The Kier molecular flexibility index (Phi) is 9.07. The molecule has 4 rings (SSSR count). The Hall–Kier alpha value is -3.08. The van der Waals surface area contributed by atoms with E-state index in [1.807, 2.05) is 32.9 Å². The number of anilines is 1. The smallest absolute Gasteiger partial charge is 0.306 e. The van der Waals surface area contributed by atoms with Gasteiger partial charge in [-0.1, -0.05) is 37.5 Å².